The molecule has 0 saturated carbocycles. The minimum absolute atomic E-state index is 0.0208. The molecule has 6 heteroatoms. The Hall–Kier alpha value is -2.24. The molecule has 100 valence electrons. The van der Waals surface area contributed by atoms with E-state index >= 15 is 0 Å². The van der Waals surface area contributed by atoms with E-state index in [1.807, 2.05) is 0 Å². The van der Waals surface area contributed by atoms with E-state index in [-0.39, 0.29) is 5.69 Å². The van der Waals surface area contributed by atoms with Gasteiger partial charge in [0.25, 0.3) is 0 Å². The molecule has 0 spiro atoms. The fourth-order valence-corrected chi connectivity index (χ4v) is 1.81. The average molecular weight is 269 g/mol. The Morgan fingerprint density at radius 3 is 2.42 bits per heavy atom. The first kappa shape index (κ1) is 13.2. The average Bonchev–Trinajstić information content (AvgIpc) is 2.70. The van der Waals surface area contributed by atoms with Gasteiger partial charge in [0.2, 0.25) is 0 Å². The number of aromatic carboxylic acids is 1. The van der Waals surface area contributed by atoms with Crippen molar-refractivity contribution in [3.05, 3.63) is 47.8 Å². The highest BCUT2D eigenvalue weighted by Gasteiger charge is 2.30. The van der Waals surface area contributed by atoms with Gasteiger partial charge < -0.3 is 9.67 Å². The summed E-state index contributed by atoms with van der Waals surface area (Å²) >= 11 is 0. The number of aromatic nitrogens is 1. The van der Waals surface area contributed by atoms with E-state index in [0.717, 1.165) is 12.1 Å². The maximum absolute atomic E-state index is 12.6. The normalized spacial score (nSPS) is 11.6. The van der Waals surface area contributed by atoms with Crippen LogP contribution in [-0.4, -0.2) is 15.6 Å². The van der Waals surface area contributed by atoms with Crippen molar-refractivity contribution in [2.75, 3.05) is 0 Å². The van der Waals surface area contributed by atoms with Crippen molar-refractivity contribution in [2.24, 2.45) is 7.05 Å². The third-order valence-electron chi connectivity index (χ3n) is 2.75. The zero-order valence-corrected chi connectivity index (χ0v) is 9.90. The van der Waals surface area contributed by atoms with Gasteiger partial charge in [-0.1, -0.05) is 12.1 Å². The summed E-state index contributed by atoms with van der Waals surface area (Å²) < 4.78 is 39.2. The molecule has 3 nitrogen and oxygen atoms in total. The molecule has 2 aromatic rings. The van der Waals surface area contributed by atoms with Crippen LogP contribution in [0.1, 0.15) is 16.1 Å². The molecule has 0 radical (unpaired) electrons. The summed E-state index contributed by atoms with van der Waals surface area (Å²) in [6.07, 6.45) is -2.93. The molecule has 19 heavy (non-hydrogen) atoms. The summed E-state index contributed by atoms with van der Waals surface area (Å²) in [7, 11) is 1.53. The number of aryl methyl sites for hydroxylation is 1. The van der Waals surface area contributed by atoms with E-state index in [4.69, 9.17) is 5.11 Å². The van der Waals surface area contributed by atoms with Gasteiger partial charge in [-0.15, -0.1) is 0 Å². The first-order chi connectivity index (χ1) is 8.79. The molecule has 1 aromatic carbocycles. The predicted octanol–water partition coefficient (Wildman–Crippen LogP) is 3.41. The van der Waals surface area contributed by atoms with E-state index in [1.165, 1.54) is 36.0 Å². The Kier molecular flexibility index (Phi) is 3.09. The second kappa shape index (κ2) is 4.46. The van der Waals surface area contributed by atoms with Crippen LogP contribution >= 0.6 is 0 Å². The third-order valence-corrected chi connectivity index (χ3v) is 2.75. The summed E-state index contributed by atoms with van der Waals surface area (Å²) in [5, 5.41) is 8.91. The minimum atomic E-state index is -4.42. The van der Waals surface area contributed by atoms with Crippen LogP contribution in [0.25, 0.3) is 11.1 Å². The summed E-state index contributed by atoms with van der Waals surface area (Å²) in [5.74, 6) is -1.12. The zero-order valence-electron chi connectivity index (χ0n) is 9.90. The fraction of sp³-hybridized carbons (Fsp3) is 0.154. The number of rotatable bonds is 2. The lowest BCUT2D eigenvalue weighted by molar-refractivity contribution is -0.137. The number of carboxylic acid groups (broad SMARTS) is 1. The van der Waals surface area contributed by atoms with Crippen molar-refractivity contribution in [1.29, 1.82) is 0 Å². The summed E-state index contributed by atoms with van der Waals surface area (Å²) in [6, 6.07) is 6.13. The summed E-state index contributed by atoms with van der Waals surface area (Å²) in [4.78, 5) is 10.9. The number of hydrogen-bond donors (Lipinski definition) is 1. The Labute approximate surface area is 106 Å². The van der Waals surface area contributed by atoms with E-state index in [0.29, 0.717) is 11.1 Å². The third kappa shape index (κ3) is 2.62. The Morgan fingerprint density at radius 2 is 1.89 bits per heavy atom. The SMILES string of the molecule is Cn1cc(-c2cccc(C(F)(F)F)c2)cc1C(=O)O. The molecule has 0 amide bonds. The van der Waals surface area contributed by atoms with E-state index in [9.17, 15) is 18.0 Å². The van der Waals surface area contributed by atoms with Crippen LogP contribution in [0.2, 0.25) is 0 Å². The Balaban J connectivity index is 2.48. The number of benzene rings is 1. The Bertz CT molecular complexity index is 629. The van der Waals surface area contributed by atoms with Crippen molar-refractivity contribution >= 4 is 5.97 Å². The lowest BCUT2D eigenvalue weighted by Gasteiger charge is -2.07. The van der Waals surface area contributed by atoms with Crippen LogP contribution in [0.5, 0.6) is 0 Å². The first-order valence-corrected chi connectivity index (χ1v) is 5.36. The fourth-order valence-electron chi connectivity index (χ4n) is 1.81. The van der Waals surface area contributed by atoms with Crippen molar-refractivity contribution in [3.8, 4) is 11.1 Å². The van der Waals surface area contributed by atoms with Crippen molar-refractivity contribution < 1.29 is 23.1 Å². The molecule has 2 rings (SSSR count). The molecule has 1 heterocycles. The smallest absolute Gasteiger partial charge is 0.416 e. The molecule has 0 saturated heterocycles. The van der Waals surface area contributed by atoms with Gasteiger partial charge in [-0.05, 0) is 23.8 Å². The van der Waals surface area contributed by atoms with Crippen LogP contribution in [0, 0.1) is 0 Å². The summed E-state index contributed by atoms with van der Waals surface area (Å²) in [6.45, 7) is 0. The minimum Gasteiger partial charge on any atom is -0.477 e. The molecule has 0 aliphatic carbocycles. The van der Waals surface area contributed by atoms with Crippen molar-refractivity contribution in [2.45, 2.75) is 6.18 Å². The molecule has 0 aliphatic heterocycles. The molecule has 0 unspecified atom stereocenters. The van der Waals surface area contributed by atoms with Crippen molar-refractivity contribution in [1.82, 2.24) is 4.57 Å². The van der Waals surface area contributed by atoms with Crippen LogP contribution in [0.4, 0.5) is 13.2 Å². The van der Waals surface area contributed by atoms with Gasteiger partial charge in [0.1, 0.15) is 5.69 Å². The van der Waals surface area contributed by atoms with E-state index < -0.39 is 17.7 Å². The highest BCUT2D eigenvalue weighted by atomic mass is 19.4. The second-order valence-corrected chi connectivity index (χ2v) is 4.11. The van der Waals surface area contributed by atoms with E-state index in [2.05, 4.69) is 0 Å². The molecule has 1 aromatic heterocycles. The molecule has 0 aliphatic rings. The van der Waals surface area contributed by atoms with Gasteiger partial charge in [-0.2, -0.15) is 13.2 Å². The standard InChI is InChI=1S/C13H10F3NO2/c1-17-7-9(6-11(17)12(18)19)8-3-2-4-10(5-8)13(14,15)16/h2-7H,1H3,(H,18,19). The summed E-state index contributed by atoms with van der Waals surface area (Å²) in [5.41, 5.74) is 0.0297. The zero-order chi connectivity index (χ0) is 14.2. The van der Waals surface area contributed by atoms with Gasteiger partial charge in [0, 0.05) is 18.8 Å². The first-order valence-electron chi connectivity index (χ1n) is 5.36. The Morgan fingerprint density at radius 1 is 1.21 bits per heavy atom. The second-order valence-electron chi connectivity index (χ2n) is 4.11. The van der Waals surface area contributed by atoms with Gasteiger partial charge in [0.15, 0.2) is 0 Å². The van der Waals surface area contributed by atoms with Crippen LogP contribution in [0.15, 0.2) is 36.5 Å². The molecular weight excluding hydrogens is 259 g/mol. The molecule has 0 fully saturated rings. The quantitative estimate of drug-likeness (QED) is 0.907. The van der Waals surface area contributed by atoms with Crippen LogP contribution in [-0.2, 0) is 13.2 Å². The number of hydrogen-bond acceptors (Lipinski definition) is 1. The highest BCUT2D eigenvalue weighted by molar-refractivity contribution is 5.88. The lowest BCUT2D eigenvalue weighted by Crippen LogP contribution is -2.04. The number of carboxylic acids is 1. The monoisotopic (exact) mass is 269 g/mol. The van der Waals surface area contributed by atoms with Gasteiger partial charge in [-0.25, -0.2) is 4.79 Å². The molecule has 0 atom stereocenters. The van der Waals surface area contributed by atoms with Gasteiger partial charge >= 0.3 is 12.1 Å². The lowest BCUT2D eigenvalue weighted by atomic mass is 10.1. The molecule has 0 bridgehead atoms. The number of alkyl halides is 3. The highest BCUT2D eigenvalue weighted by Crippen LogP contribution is 2.32. The topological polar surface area (TPSA) is 42.2 Å². The number of carbonyl (C=O) groups is 1. The van der Waals surface area contributed by atoms with E-state index in [1.54, 1.807) is 0 Å². The van der Waals surface area contributed by atoms with Crippen molar-refractivity contribution in [3.63, 3.8) is 0 Å². The van der Waals surface area contributed by atoms with Gasteiger partial charge in [-0.3, -0.25) is 0 Å². The van der Waals surface area contributed by atoms with Gasteiger partial charge in [0.05, 0.1) is 5.56 Å². The largest absolute Gasteiger partial charge is 0.477 e. The number of halogens is 3. The maximum atomic E-state index is 12.6. The predicted molar refractivity (Wildman–Crippen MR) is 62.8 cm³/mol. The molecule has 1 N–H and O–H groups in total. The number of nitrogens with zero attached hydrogens (tertiary/aromatic N) is 1. The van der Waals surface area contributed by atoms with Crippen LogP contribution < -0.4 is 0 Å². The maximum Gasteiger partial charge on any atom is 0.416 e. The van der Waals surface area contributed by atoms with Crippen LogP contribution in [0.3, 0.4) is 0 Å². The molecular formula is C13H10F3NO2.